The van der Waals surface area contributed by atoms with Crippen LogP contribution >= 0.6 is 23.2 Å². The molecular weight excluding hydrogens is 577 g/mol. The first-order valence-corrected chi connectivity index (χ1v) is 15.0. The number of anilines is 1. The molecule has 4 rings (SSSR count). The zero-order valence-electron chi connectivity index (χ0n) is 22.0. The summed E-state index contributed by atoms with van der Waals surface area (Å²) < 4.78 is 38.0. The number of halogens is 2. The van der Waals surface area contributed by atoms with E-state index in [9.17, 15) is 18.0 Å². The first kappa shape index (κ1) is 29.5. The van der Waals surface area contributed by atoms with E-state index in [2.05, 4.69) is 5.32 Å². The standard InChI is InChI=1S/C28H29Cl2N3O6S/c1-31-28(35)24(15-19-6-4-3-5-7-19)32(17-20-8-10-22(29)23(30)14-20)27(34)18-33(40(2,36)37)21-9-11-25-26(16-21)39-13-12-38-25/h3-11,14,16,24H,12-13,15,17-18H2,1-2H3,(H,31,35)/t24-/m0/s1. The summed E-state index contributed by atoms with van der Waals surface area (Å²) in [6.45, 7) is 0.132. The van der Waals surface area contributed by atoms with Crippen molar-refractivity contribution in [3.05, 3.63) is 87.9 Å². The number of hydrogen-bond acceptors (Lipinski definition) is 6. The van der Waals surface area contributed by atoms with Crippen LogP contribution in [0.1, 0.15) is 11.1 Å². The maximum absolute atomic E-state index is 14.0. The fraction of sp³-hybridized carbons (Fsp3) is 0.286. The van der Waals surface area contributed by atoms with E-state index in [-0.39, 0.29) is 18.7 Å². The number of carbonyl (C=O) groups is 2. The molecule has 3 aromatic rings. The van der Waals surface area contributed by atoms with Gasteiger partial charge in [0.15, 0.2) is 11.5 Å². The number of benzene rings is 3. The lowest BCUT2D eigenvalue weighted by Crippen LogP contribution is -2.52. The van der Waals surface area contributed by atoms with Crippen molar-refractivity contribution < 1.29 is 27.5 Å². The fourth-order valence-electron chi connectivity index (χ4n) is 4.36. The molecule has 9 nitrogen and oxygen atoms in total. The highest BCUT2D eigenvalue weighted by Gasteiger charge is 2.33. The Morgan fingerprint density at radius 3 is 2.27 bits per heavy atom. The number of fused-ring (bicyclic) bond motifs is 1. The largest absolute Gasteiger partial charge is 0.486 e. The van der Waals surface area contributed by atoms with Crippen LogP contribution in [-0.2, 0) is 32.6 Å². The van der Waals surface area contributed by atoms with Gasteiger partial charge in [-0.05, 0) is 35.4 Å². The van der Waals surface area contributed by atoms with Gasteiger partial charge in [-0.25, -0.2) is 8.42 Å². The first-order chi connectivity index (χ1) is 19.1. The Kier molecular flexibility index (Phi) is 9.44. The lowest BCUT2D eigenvalue weighted by Gasteiger charge is -2.33. The predicted molar refractivity (Wildman–Crippen MR) is 155 cm³/mol. The molecule has 0 aromatic heterocycles. The summed E-state index contributed by atoms with van der Waals surface area (Å²) in [4.78, 5) is 28.5. The van der Waals surface area contributed by atoms with Gasteiger partial charge in [-0.1, -0.05) is 59.6 Å². The van der Waals surface area contributed by atoms with E-state index in [4.69, 9.17) is 32.7 Å². The van der Waals surface area contributed by atoms with Crippen molar-refractivity contribution in [1.82, 2.24) is 10.2 Å². The first-order valence-electron chi connectivity index (χ1n) is 12.4. The Labute approximate surface area is 243 Å². The predicted octanol–water partition coefficient (Wildman–Crippen LogP) is 3.92. The summed E-state index contributed by atoms with van der Waals surface area (Å²) in [6, 6.07) is 17.9. The van der Waals surface area contributed by atoms with Crippen LogP contribution in [0.15, 0.2) is 66.7 Å². The summed E-state index contributed by atoms with van der Waals surface area (Å²) in [5.41, 5.74) is 1.68. The highest BCUT2D eigenvalue weighted by atomic mass is 35.5. The number of ether oxygens (including phenoxy) is 2. The second-order valence-electron chi connectivity index (χ2n) is 9.19. The minimum Gasteiger partial charge on any atom is -0.486 e. The van der Waals surface area contributed by atoms with Crippen LogP contribution in [0.2, 0.25) is 10.0 Å². The van der Waals surface area contributed by atoms with Gasteiger partial charge in [0.25, 0.3) is 0 Å². The van der Waals surface area contributed by atoms with Crippen LogP contribution < -0.4 is 19.1 Å². The van der Waals surface area contributed by atoms with Gasteiger partial charge < -0.3 is 19.7 Å². The van der Waals surface area contributed by atoms with Crippen LogP contribution in [-0.4, -0.2) is 64.2 Å². The molecule has 0 spiro atoms. The summed E-state index contributed by atoms with van der Waals surface area (Å²) in [6.07, 6.45) is 1.22. The minimum atomic E-state index is -3.92. The Morgan fingerprint density at radius 1 is 0.925 bits per heavy atom. The number of amides is 2. The molecule has 40 heavy (non-hydrogen) atoms. The summed E-state index contributed by atoms with van der Waals surface area (Å²) >= 11 is 12.3. The molecule has 0 saturated carbocycles. The molecule has 1 N–H and O–H groups in total. The Bertz CT molecular complexity index is 1490. The summed E-state index contributed by atoms with van der Waals surface area (Å²) in [5.74, 6) is -0.123. The van der Waals surface area contributed by atoms with E-state index in [1.54, 1.807) is 30.3 Å². The van der Waals surface area contributed by atoms with Crippen molar-refractivity contribution in [2.75, 3.05) is 37.4 Å². The third kappa shape index (κ3) is 7.18. The molecule has 0 unspecified atom stereocenters. The van der Waals surface area contributed by atoms with Gasteiger partial charge in [-0.2, -0.15) is 0 Å². The van der Waals surface area contributed by atoms with Gasteiger partial charge in [0.05, 0.1) is 22.0 Å². The van der Waals surface area contributed by atoms with Crippen LogP contribution in [0.5, 0.6) is 11.5 Å². The minimum absolute atomic E-state index is 0.0145. The average molecular weight is 607 g/mol. The molecule has 1 atom stereocenters. The van der Waals surface area contributed by atoms with Crippen molar-refractivity contribution in [3.63, 3.8) is 0 Å². The van der Waals surface area contributed by atoms with Gasteiger partial charge in [-0.3, -0.25) is 13.9 Å². The number of rotatable bonds is 10. The number of nitrogens with one attached hydrogen (secondary N) is 1. The molecule has 212 valence electrons. The van der Waals surface area contributed by atoms with Crippen LogP contribution in [0.25, 0.3) is 0 Å². The molecule has 0 saturated heterocycles. The van der Waals surface area contributed by atoms with Crippen molar-refractivity contribution in [3.8, 4) is 11.5 Å². The highest BCUT2D eigenvalue weighted by molar-refractivity contribution is 7.92. The number of hydrogen-bond donors (Lipinski definition) is 1. The van der Waals surface area contributed by atoms with Gasteiger partial charge in [0.1, 0.15) is 25.8 Å². The van der Waals surface area contributed by atoms with E-state index in [0.717, 1.165) is 16.1 Å². The molecule has 12 heteroatoms. The number of sulfonamides is 1. The highest BCUT2D eigenvalue weighted by Crippen LogP contribution is 2.35. The summed E-state index contributed by atoms with van der Waals surface area (Å²) in [7, 11) is -2.43. The average Bonchev–Trinajstić information content (AvgIpc) is 2.94. The Morgan fingerprint density at radius 2 is 1.62 bits per heavy atom. The van der Waals surface area contributed by atoms with E-state index in [0.29, 0.717) is 40.3 Å². The monoisotopic (exact) mass is 605 g/mol. The SMILES string of the molecule is CNC(=O)[C@H](Cc1ccccc1)N(Cc1ccc(Cl)c(Cl)c1)C(=O)CN(c1ccc2c(c1)OCCO2)S(C)(=O)=O. The van der Waals surface area contributed by atoms with Gasteiger partial charge >= 0.3 is 0 Å². The smallest absolute Gasteiger partial charge is 0.244 e. The molecule has 3 aromatic carbocycles. The van der Waals surface area contributed by atoms with Crippen LogP contribution in [0, 0.1) is 0 Å². The second kappa shape index (κ2) is 12.8. The lowest BCUT2D eigenvalue weighted by atomic mass is 10.0. The Balaban J connectivity index is 1.72. The molecule has 1 aliphatic rings. The summed E-state index contributed by atoms with van der Waals surface area (Å²) in [5, 5.41) is 3.27. The zero-order valence-corrected chi connectivity index (χ0v) is 24.3. The topological polar surface area (TPSA) is 105 Å². The van der Waals surface area contributed by atoms with Crippen molar-refractivity contribution in [2.45, 2.75) is 19.0 Å². The normalized spacial score (nSPS) is 13.3. The zero-order chi connectivity index (χ0) is 28.9. The quantitative estimate of drug-likeness (QED) is 0.375. The van der Waals surface area contributed by atoms with Crippen LogP contribution in [0.3, 0.4) is 0 Å². The van der Waals surface area contributed by atoms with Crippen molar-refractivity contribution in [1.29, 1.82) is 0 Å². The van der Waals surface area contributed by atoms with E-state index in [1.807, 2.05) is 30.3 Å². The molecular formula is C28H29Cl2N3O6S. The van der Waals surface area contributed by atoms with Gasteiger partial charge in [-0.15, -0.1) is 0 Å². The van der Waals surface area contributed by atoms with Gasteiger partial charge in [0, 0.05) is 26.1 Å². The maximum Gasteiger partial charge on any atom is 0.244 e. The van der Waals surface area contributed by atoms with E-state index >= 15 is 0 Å². The number of likely N-dealkylation sites (N-methyl/N-ethyl adjacent to an activating group) is 1. The second-order valence-corrected chi connectivity index (χ2v) is 11.9. The van der Waals surface area contributed by atoms with Gasteiger partial charge in [0.2, 0.25) is 21.8 Å². The molecule has 0 radical (unpaired) electrons. The van der Waals surface area contributed by atoms with Crippen LogP contribution in [0.4, 0.5) is 5.69 Å². The molecule has 0 fully saturated rings. The molecule has 0 bridgehead atoms. The van der Waals surface area contributed by atoms with E-state index < -0.39 is 34.4 Å². The maximum atomic E-state index is 14.0. The van der Waals surface area contributed by atoms with E-state index in [1.165, 1.54) is 18.0 Å². The molecule has 0 aliphatic carbocycles. The molecule has 2 amide bonds. The third-order valence-electron chi connectivity index (χ3n) is 6.35. The van der Waals surface area contributed by atoms with Crippen molar-refractivity contribution in [2.24, 2.45) is 0 Å². The third-order valence-corrected chi connectivity index (χ3v) is 8.23. The number of nitrogens with zero attached hydrogens (tertiary/aromatic N) is 2. The van der Waals surface area contributed by atoms with Crippen molar-refractivity contribution >= 4 is 50.7 Å². The number of carbonyl (C=O) groups excluding carboxylic acids is 2. The fourth-order valence-corrected chi connectivity index (χ4v) is 5.52. The molecule has 1 aliphatic heterocycles. The lowest BCUT2D eigenvalue weighted by molar-refractivity contribution is -0.139. The Hall–Kier alpha value is -3.47. The molecule has 1 heterocycles.